The topological polar surface area (TPSA) is 40.8 Å². The number of aliphatic hydroxyl groups excluding tert-OH is 1. The average Bonchev–Trinajstić information content (AvgIpc) is 3.42. The molecule has 5 rings (SSSR count). The van der Waals surface area contributed by atoms with Crippen LogP contribution in [0.4, 0.5) is 5.69 Å². The summed E-state index contributed by atoms with van der Waals surface area (Å²) in [5.74, 6) is 0.745. The fourth-order valence-electron chi connectivity index (χ4n) is 4.42. The van der Waals surface area contributed by atoms with E-state index >= 15 is 0 Å². The first-order valence-corrected chi connectivity index (χ1v) is 9.20. The molecule has 136 valence electrons. The lowest BCUT2D eigenvalue weighted by atomic mass is 9.89. The maximum Gasteiger partial charge on any atom is 0.161 e. The molecule has 2 aliphatic rings. The molecule has 1 saturated carbocycles. The van der Waals surface area contributed by atoms with Gasteiger partial charge in [-0.2, -0.15) is 0 Å². The summed E-state index contributed by atoms with van der Waals surface area (Å²) in [6.45, 7) is 3.02. The Morgan fingerprint density at radius 3 is 2.73 bits per heavy atom. The van der Waals surface area contributed by atoms with Crippen LogP contribution in [0.5, 0.6) is 0 Å². The predicted molar refractivity (Wildman–Crippen MR) is 106 cm³/mol. The summed E-state index contributed by atoms with van der Waals surface area (Å²) in [5, 5.41) is 9.71. The van der Waals surface area contributed by atoms with Crippen LogP contribution in [-0.2, 0) is 13.0 Å². The molecule has 0 saturated heterocycles. The zero-order valence-electron chi connectivity index (χ0n) is 14.9. The number of aryl methyl sites for hydroxylation is 1. The molecule has 5 heteroatoms. The highest BCUT2D eigenvalue weighted by molar-refractivity contribution is 5.85. The van der Waals surface area contributed by atoms with Gasteiger partial charge in [0.25, 0.3) is 0 Å². The second-order valence-electron chi connectivity index (χ2n) is 7.31. The summed E-state index contributed by atoms with van der Waals surface area (Å²) in [5.41, 5.74) is 6.94. The molecule has 1 aliphatic heterocycles. The van der Waals surface area contributed by atoms with Gasteiger partial charge < -0.3 is 10.0 Å². The summed E-state index contributed by atoms with van der Waals surface area (Å²) in [4.78, 5) is 7.35. The number of rotatable bonds is 3. The molecule has 1 unspecified atom stereocenters. The first-order valence-electron chi connectivity index (χ1n) is 9.20. The number of benzene rings is 1. The minimum atomic E-state index is 0. The van der Waals surface area contributed by atoms with E-state index in [4.69, 9.17) is 4.98 Å². The highest BCUT2D eigenvalue weighted by Gasteiger charge is 2.40. The van der Waals surface area contributed by atoms with Crippen molar-refractivity contribution in [3.63, 3.8) is 0 Å². The fraction of sp³-hybridized carbons (Fsp3) is 0.381. The van der Waals surface area contributed by atoms with Crippen LogP contribution in [0, 0.1) is 12.8 Å². The molecule has 0 bridgehead atoms. The average molecular weight is 370 g/mol. The monoisotopic (exact) mass is 369 g/mol. The minimum absolute atomic E-state index is 0. The van der Waals surface area contributed by atoms with E-state index in [2.05, 4.69) is 45.7 Å². The molecule has 3 heterocycles. The number of pyridine rings is 1. The van der Waals surface area contributed by atoms with Gasteiger partial charge in [-0.05, 0) is 55.4 Å². The van der Waals surface area contributed by atoms with E-state index in [9.17, 15) is 5.11 Å². The highest BCUT2D eigenvalue weighted by Crippen LogP contribution is 2.49. The van der Waals surface area contributed by atoms with Crippen LogP contribution >= 0.6 is 12.4 Å². The van der Waals surface area contributed by atoms with Gasteiger partial charge in [-0.15, -0.1) is 12.4 Å². The molecule has 1 N–H and O–H groups in total. The zero-order valence-corrected chi connectivity index (χ0v) is 15.7. The fourth-order valence-corrected chi connectivity index (χ4v) is 4.42. The zero-order chi connectivity index (χ0) is 17.0. The summed E-state index contributed by atoms with van der Waals surface area (Å²) < 4.78 is 2.05. The van der Waals surface area contributed by atoms with Gasteiger partial charge in [-0.25, -0.2) is 4.98 Å². The van der Waals surface area contributed by atoms with Crippen LogP contribution in [0.15, 0.2) is 42.6 Å². The Hall–Kier alpha value is -2.04. The third-order valence-electron chi connectivity index (χ3n) is 5.79. The molecule has 1 atom stereocenters. The van der Waals surface area contributed by atoms with Crippen LogP contribution in [-0.4, -0.2) is 21.0 Å². The Morgan fingerprint density at radius 2 is 1.96 bits per heavy atom. The molecule has 1 aliphatic carbocycles. The first-order chi connectivity index (χ1) is 12.3. The minimum Gasteiger partial charge on any atom is -0.390 e. The van der Waals surface area contributed by atoms with E-state index in [0.29, 0.717) is 6.04 Å². The molecular weight excluding hydrogens is 346 g/mol. The van der Waals surface area contributed by atoms with Crippen molar-refractivity contribution in [1.29, 1.82) is 0 Å². The van der Waals surface area contributed by atoms with E-state index < -0.39 is 0 Å². The van der Waals surface area contributed by atoms with E-state index in [0.717, 1.165) is 35.9 Å². The molecule has 1 aromatic carbocycles. The normalized spacial score (nSPS) is 19.3. The lowest BCUT2D eigenvalue weighted by Gasteiger charge is -2.39. The summed E-state index contributed by atoms with van der Waals surface area (Å²) >= 11 is 0. The number of nitrogens with zero attached hydrogens (tertiary/aromatic N) is 3. The Bertz CT molecular complexity index is 948. The molecule has 0 amide bonds. The van der Waals surface area contributed by atoms with Gasteiger partial charge in [0.2, 0.25) is 0 Å². The molecule has 4 nitrogen and oxygen atoms in total. The second kappa shape index (κ2) is 6.60. The number of halogens is 1. The van der Waals surface area contributed by atoms with E-state index in [1.165, 1.54) is 29.7 Å². The molecular formula is C21H24ClN3O. The molecule has 3 aromatic rings. The van der Waals surface area contributed by atoms with Crippen LogP contribution in [0.1, 0.15) is 41.4 Å². The van der Waals surface area contributed by atoms with E-state index in [1.807, 2.05) is 13.1 Å². The maximum atomic E-state index is 9.71. The Morgan fingerprint density at radius 1 is 1.15 bits per heavy atom. The van der Waals surface area contributed by atoms with Gasteiger partial charge in [0, 0.05) is 12.7 Å². The van der Waals surface area contributed by atoms with E-state index in [-0.39, 0.29) is 19.0 Å². The summed E-state index contributed by atoms with van der Waals surface area (Å²) in [6.07, 6.45) is 5.71. The SMILES string of the molecule is Cc1nc2c(N3CCc4ccccc4C3C3CC3)cccn2c1CO.Cl. The number of aromatic nitrogens is 2. The number of aliphatic hydroxyl groups is 1. The molecule has 0 spiro atoms. The van der Waals surface area contributed by atoms with Crippen LogP contribution in [0.25, 0.3) is 5.65 Å². The summed E-state index contributed by atoms with van der Waals surface area (Å²) in [7, 11) is 0. The van der Waals surface area contributed by atoms with Crippen molar-refractivity contribution in [3.8, 4) is 0 Å². The largest absolute Gasteiger partial charge is 0.390 e. The van der Waals surface area contributed by atoms with Gasteiger partial charge in [0.05, 0.1) is 29.7 Å². The molecule has 2 aromatic heterocycles. The highest BCUT2D eigenvalue weighted by atomic mass is 35.5. The molecule has 26 heavy (non-hydrogen) atoms. The van der Waals surface area contributed by atoms with Gasteiger partial charge in [-0.3, -0.25) is 4.40 Å². The summed E-state index contributed by atoms with van der Waals surface area (Å²) in [6, 6.07) is 13.6. The quantitative estimate of drug-likeness (QED) is 0.756. The number of imidazole rings is 1. The third kappa shape index (κ3) is 2.60. The molecule has 1 fully saturated rings. The number of fused-ring (bicyclic) bond motifs is 2. The van der Waals surface area contributed by atoms with Crippen LogP contribution in [0.2, 0.25) is 0 Å². The Balaban J connectivity index is 0.00000168. The van der Waals surface area contributed by atoms with Gasteiger partial charge in [-0.1, -0.05) is 24.3 Å². The second-order valence-corrected chi connectivity index (χ2v) is 7.31. The van der Waals surface area contributed by atoms with Crippen molar-refractivity contribution in [3.05, 3.63) is 65.1 Å². The predicted octanol–water partition coefficient (Wildman–Crippen LogP) is 4.07. The lowest BCUT2D eigenvalue weighted by Crippen LogP contribution is -2.37. The van der Waals surface area contributed by atoms with Gasteiger partial charge >= 0.3 is 0 Å². The van der Waals surface area contributed by atoms with Crippen molar-refractivity contribution in [1.82, 2.24) is 9.38 Å². The Kier molecular flexibility index (Phi) is 4.41. The number of hydrogen-bond donors (Lipinski definition) is 1. The van der Waals surface area contributed by atoms with Crippen molar-refractivity contribution in [2.24, 2.45) is 5.92 Å². The van der Waals surface area contributed by atoms with Crippen LogP contribution < -0.4 is 4.90 Å². The van der Waals surface area contributed by atoms with Gasteiger partial charge in [0.15, 0.2) is 5.65 Å². The van der Waals surface area contributed by atoms with Crippen molar-refractivity contribution >= 4 is 23.7 Å². The van der Waals surface area contributed by atoms with Gasteiger partial charge in [0.1, 0.15) is 0 Å². The maximum absolute atomic E-state index is 9.71. The standard InChI is InChI=1S/C21H23N3O.ClH/c1-14-19(13-25)24-11-4-7-18(21(24)22-14)23-12-10-15-5-2-3-6-17(15)20(23)16-8-9-16;/h2-7,11,16,20,25H,8-10,12-13H2,1H3;1H. The van der Waals surface area contributed by atoms with Crippen molar-refractivity contribution in [2.45, 2.75) is 38.8 Å². The first kappa shape index (κ1) is 17.4. The van der Waals surface area contributed by atoms with Crippen molar-refractivity contribution in [2.75, 3.05) is 11.4 Å². The van der Waals surface area contributed by atoms with E-state index in [1.54, 1.807) is 0 Å². The van der Waals surface area contributed by atoms with Crippen LogP contribution in [0.3, 0.4) is 0 Å². The Labute approximate surface area is 159 Å². The third-order valence-corrected chi connectivity index (χ3v) is 5.79. The van der Waals surface area contributed by atoms with Crippen molar-refractivity contribution < 1.29 is 5.11 Å². The number of anilines is 1. The lowest BCUT2D eigenvalue weighted by molar-refractivity contribution is 0.275. The molecule has 0 radical (unpaired) electrons. The number of hydrogen-bond acceptors (Lipinski definition) is 3. The smallest absolute Gasteiger partial charge is 0.161 e.